The summed E-state index contributed by atoms with van der Waals surface area (Å²) in [6.07, 6.45) is 1.36. The molecule has 0 saturated carbocycles. The molecule has 0 aliphatic heterocycles. The van der Waals surface area contributed by atoms with Gasteiger partial charge in [0.05, 0.1) is 0 Å². The third kappa shape index (κ3) is 5.22. The molecule has 0 rings (SSSR count). The van der Waals surface area contributed by atoms with Crippen molar-refractivity contribution < 1.29 is 13.2 Å². The van der Waals surface area contributed by atoms with Crippen LogP contribution in [-0.4, -0.2) is 64.5 Å². The second-order valence-corrected chi connectivity index (χ2v) is 5.78. The molecule has 0 amide bonds. The first kappa shape index (κ1) is 15.8. The smallest absolute Gasteiger partial charge is 0.281 e. The Morgan fingerprint density at radius 2 is 1.62 bits per heavy atom. The molecule has 0 atom stereocenters. The first-order chi connectivity index (χ1) is 7.46. The Balaban J connectivity index is 4.18. The second-order valence-electron chi connectivity index (χ2n) is 3.64. The quantitative estimate of drug-likeness (QED) is 0.561. The summed E-state index contributed by atoms with van der Waals surface area (Å²) in [6, 6.07) is 0. The molecule has 0 aromatic rings. The molecule has 0 unspecified atom stereocenters. The van der Waals surface area contributed by atoms with Crippen LogP contribution in [0, 0.1) is 0 Å². The lowest BCUT2D eigenvalue weighted by atomic mass is 10.4. The number of methoxy groups -OCH3 is 1. The highest BCUT2D eigenvalue weighted by Gasteiger charge is 2.22. The third-order valence-corrected chi connectivity index (χ3v) is 4.23. The first-order valence-corrected chi connectivity index (χ1v) is 6.73. The van der Waals surface area contributed by atoms with Crippen molar-refractivity contribution >= 4 is 10.2 Å². The molecule has 16 heavy (non-hydrogen) atoms. The van der Waals surface area contributed by atoms with Crippen molar-refractivity contribution in [3.63, 3.8) is 0 Å². The number of hydrogen-bond acceptors (Lipinski definition) is 4. The number of nitrogens with two attached hydrogens (primary N) is 1. The zero-order valence-electron chi connectivity index (χ0n) is 10.3. The van der Waals surface area contributed by atoms with E-state index in [-0.39, 0.29) is 0 Å². The van der Waals surface area contributed by atoms with Gasteiger partial charge in [0.25, 0.3) is 10.2 Å². The summed E-state index contributed by atoms with van der Waals surface area (Å²) in [7, 11) is 1.40. The Bertz CT molecular complexity index is 269. The van der Waals surface area contributed by atoms with Gasteiger partial charge < -0.3 is 10.5 Å². The molecular formula is C9H23N3O3S. The van der Waals surface area contributed by atoms with Crippen LogP contribution in [-0.2, 0) is 14.9 Å². The van der Waals surface area contributed by atoms with Gasteiger partial charge in [0.1, 0.15) is 0 Å². The minimum atomic E-state index is -3.34. The summed E-state index contributed by atoms with van der Waals surface area (Å²) in [5.41, 5.74) is 5.34. The molecule has 0 bridgehead atoms. The normalized spacial score (nSPS) is 12.6. The molecule has 0 aliphatic rings. The van der Waals surface area contributed by atoms with Crippen LogP contribution in [0.1, 0.15) is 12.8 Å². The van der Waals surface area contributed by atoms with Gasteiger partial charge in [0.2, 0.25) is 0 Å². The van der Waals surface area contributed by atoms with Crippen molar-refractivity contribution in [2.24, 2.45) is 5.73 Å². The standard InChI is InChI=1S/C9H23N3O3S/c1-11(7-4-6-10)16(13,14)12(2)8-5-9-15-3/h4-10H2,1-3H3. The predicted octanol–water partition coefficient (Wildman–Crippen LogP) is -0.520. The fourth-order valence-corrected chi connectivity index (χ4v) is 2.41. The van der Waals surface area contributed by atoms with Crippen molar-refractivity contribution in [1.29, 1.82) is 0 Å². The molecule has 0 aromatic carbocycles. The van der Waals surface area contributed by atoms with Crippen molar-refractivity contribution in [2.45, 2.75) is 12.8 Å². The van der Waals surface area contributed by atoms with Crippen LogP contribution in [0.3, 0.4) is 0 Å². The van der Waals surface area contributed by atoms with Crippen molar-refractivity contribution in [3.8, 4) is 0 Å². The highest BCUT2D eigenvalue weighted by atomic mass is 32.2. The predicted molar refractivity (Wildman–Crippen MR) is 64.3 cm³/mol. The van der Waals surface area contributed by atoms with Gasteiger partial charge in [-0.1, -0.05) is 0 Å². The van der Waals surface area contributed by atoms with E-state index >= 15 is 0 Å². The average Bonchev–Trinajstić information content (AvgIpc) is 2.25. The molecule has 0 radical (unpaired) electrons. The minimum Gasteiger partial charge on any atom is -0.385 e. The van der Waals surface area contributed by atoms with Crippen LogP contribution in [0.25, 0.3) is 0 Å². The van der Waals surface area contributed by atoms with E-state index in [1.807, 2.05) is 0 Å². The average molecular weight is 253 g/mol. The molecule has 6 nitrogen and oxygen atoms in total. The third-order valence-electron chi connectivity index (χ3n) is 2.29. The number of hydrogen-bond donors (Lipinski definition) is 1. The van der Waals surface area contributed by atoms with E-state index in [1.54, 1.807) is 21.2 Å². The lowest BCUT2D eigenvalue weighted by molar-refractivity contribution is 0.189. The largest absolute Gasteiger partial charge is 0.385 e. The van der Waals surface area contributed by atoms with Gasteiger partial charge in [0.15, 0.2) is 0 Å². The molecule has 2 N–H and O–H groups in total. The van der Waals surface area contributed by atoms with Crippen molar-refractivity contribution in [2.75, 3.05) is 47.4 Å². The SMILES string of the molecule is COCCCN(C)S(=O)(=O)N(C)CCCN. The maximum atomic E-state index is 11.9. The highest BCUT2D eigenvalue weighted by Crippen LogP contribution is 2.05. The Labute approximate surface area is 98.5 Å². The Morgan fingerprint density at radius 1 is 1.12 bits per heavy atom. The molecule has 0 aromatic heterocycles. The zero-order valence-corrected chi connectivity index (χ0v) is 11.2. The molecule has 98 valence electrons. The van der Waals surface area contributed by atoms with Crippen LogP contribution in [0.15, 0.2) is 0 Å². The number of rotatable bonds is 9. The lowest BCUT2D eigenvalue weighted by Crippen LogP contribution is -2.41. The van der Waals surface area contributed by atoms with Crippen LogP contribution < -0.4 is 5.73 Å². The maximum absolute atomic E-state index is 11.9. The second kappa shape index (κ2) is 7.97. The van der Waals surface area contributed by atoms with Gasteiger partial charge in [-0.2, -0.15) is 17.0 Å². The Kier molecular flexibility index (Phi) is 7.86. The van der Waals surface area contributed by atoms with Crippen LogP contribution in [0.2, 0.25) is 0 Å². The van der Waals surface area contributed by atoms with Gasteiger partial charge >= 0.3 is 0 Å². The van der Waals surface area contributed by atoms with E-state index in [0.29, 0.717) is 39.1 Å². The molecule has 0 heterocycles. The van der Waals surface area contributed by atoms with E-state index in [9.17, 15) is 8.42 Å². The van der Waals surface area contributed by atoms with Gasteiger partial charge in [-0.15, -0.1) is 0 Å². The van der Waals surface area contributed by atoms with Gasteiger partial charge in [-0.05, 0) is 19.4 Å². The van der Waals surface area contributed by atoms with E-state index in [0.717, 1.165) is 0 Å². The monoisotopic (exact) mass is 253 g/mol. The summed E-state index contributed by atoms with van der Waals surface area (Å²) >= 11 is 0. The molecule has 0 aliphatic carbocycles. The molecule has 0 saturated heterocycles. The summed E-state index contributed by atoms with van der Waals surface area (Å²) < 4.78 is 31.3. The first-order valence-electron chi connectivity index (χ1n) is 5.33. The molecule has 0 spiro atoms. The van der Waals surface area contributed by atoms with Crippen LogP contribution in [0.4, 0.5) is 0 Å². The van der Waals surface area contributed by atoms with E-state index in [2.05, 4.69) is 0 Å². The number of nitrogens with zero attached hydrogens (tertiary/aromatic N) is 2. The fourth-order valence-electron chi connectivity index (χ4n) is 1.21. The summed E-state index contributed by atoms with van der Waals surface area (Å²) in [6.45, 7) is 1.97. The minimum absolute atomic E-state index is 0.452. The van der Waals surface area contributed by atoms with Crippen molar-refractivity contribution in [1.82, 2.24) is 8.61 Å². The molecular weight excluding hydrogens is 230 g/mol. The molecule has 0 fully saturated rings. The van der Waals surface area contributed by atoms with Gasteiger partial charge in [0, 0.05) is 40.9 Å². The van der Waals surface area contributed by atoms with E-state index < -0.39 is 10.2 Å². The number of ether oxygens (including phenoxy) is 1. The zero-order chi connectivity index (χ0) is 12.6. The van der Waals surface area contributed by atoms with Crippen LogP contribution >= 0.6 is 0 Å². The van der Waals surface area contributed by atoms with E-state index in [4.69, 9.17) is 10.5 Å². The Morgan fingerprint density at radius 3 is 2.06 bits per heavy atom. The molecule has 7 heteroatoms. The maximum Gasteiger partial charge on any atom is 0.281 e. The fraction of sp³-hybridized carbons (Fsp3) is 1.00. The summed E-state index contributed by atoms with van der Waals surface area (Å²) in [5, 5.41) is 0. The van der Waals surface area contributed by atoms with Crippen LogP contribution in [0.5, 0.6) is 0 Å². The highest BCUT2D eigenvalue weighted by molar-refractivity contribution is 7.86. The summed E-state index contributed by atoms with van der Waals surface area (Å²) in [5.74, 6) is 0. The van der Waals surface area contributed by atoms with Gasteiger partial charge in [-0.25, -0.2) is 0 Å². The topological polar surface area (TPSA) is 75.9 Å². The van der Waals surface area contributed by atoms with Gasteiger partial charge in [-0.3, -0.25) is 0 Å². The summed E-state index contributed by atoms with van der Waals surface area (Å²) in [4.78, 5) is 0. The Hall–Kier alpha value is -0.210. The van der Waals surface area contributed by atoms with E-state index in [1.165, 1.54) is 8.61 Å². The van der Waals surface area contributed by atoms with Crippen molar-refractivity contribution in [3.05, 3.63) is 0 Å². The lowest BCUT2D eigenvalue weighted by Gasteiger charge is -2.24.